The molecule has 0 heterocycles. The highest BCUT2D eigenvalue weighted by molar-refractivity contribution is 5.85. The Balaban J connectivity index is 2.69. The van der Waals surface area contributed by atoms with Crippen LogP contribution < -0.4 is 0 Å². The zero-order valence-electron chi connectivity index (χ0n) is 11.9. The Bertz CT molecular complexity index is 355. The number of esters is 1. The standard InChI is InChI=1S/C15H24O3/c1-10-7-6-8-15(4,5)14(10)13(17)9-11(2)18-12(3)16/h11,14H,1,6-9H2,2-5H3. The van der Waals surface area contributed by atoms with E-state index in [1.165, 1.54) is 6.92 Å². The molecule has 0 amide bonds. The Kier molecular flexibility index (Phi) is 4.71. The lowest BCUT2D eigenvalue weighted by atomic mass is 9.64. The summed E-state index contributed by atoms with van der Waals surface area (Å²) in [6.07, 6.45) is 3.02. The maximum atomic E-state index is 12.4. The van der Waals surface area contributed by atoms with Crippen molar-refractivity contribution in [3.63, 3.8) is 0 Å². The first-order valence-corrected chi connectivity index (χ1v) is 6.61. The van der Waals surface area contributed by atoms with E-state index in [9.17, 15) is 9.59 Å². The molecule has 1 aliphatic rings. The number of allylic oxidation sites excluding steroid dienone is 1. The van der Waals surface area contributed by atoms with Crippen LogP contribution in [0.2, 0.25) is 0 Å². The summed E-state index contributed by atoms with van der Waals surface area (Å²) < 4.78 is 5.03. The van der Waals surface area contributed by atoms with Crippen LogP contribution in [0.15, 0.2) is 12.2 Å². The number of ether oxygens (including phenoxy) is 1. The zero-order valence-corrected chi connectivity index (χ0v) is 11.9. The molecule has 0 aromatic rings. The first-order valence-electron chi connectivity index (χ1n) is 6.61. The minimum absolute atomic E-state index is 0.0254. The first kappa shape index (κ1) is 14.9. The third-order valence-electron chi connectivity index (χ3n) is 3.69. The van der Waals surface area contributed by atoms with E-state index >= 15 is 0 Å². The lowest BCUT2D eigenvalue weighted by Crippen LogP contribution is -2.37. The molecule has 0 N–H and O–H groups in total. The molecule has 1 fully saturated rings. The zero-order chi connectivity index (χ0) is 13.9. The lowest BCUT2D eigenvalue weighted by molar-refractivity contribution is -0.147. The van der Waals surface area contributed by atoms with Crippen molar-refractivity contribution in [1.29, 1.82) is 0 Å². The summed E-state index contributed by atoms with van der Waals surface area (Å²) in [4.78, 5) is 23.2. The minimum atomic E-state index is -0.347. The fourth-order valence-electron chi connectivity index (χ4n) is 3.00. The summed E-state index contributed by atoms with van der Waals surface area (Å²) >= 11 is 0. The number of rotatable bonds is 4. The molecule has 0 aromatic heterocycles. The van der Waals surface area contributed by atoms with Crippen LogP contribution in [-0.2, 0) is 14.3 Å². The second-order valence-electron chi connectivity index (χ2n) is 6.02. The van der Waals surface area contributed by atoms with Crippen LogP contribution in [0.5, 0.6) is 0 Å². The fourth-order valence-corrected chi connectivity index (χ4v) is 3.00. The molecule has 3 nitrogen and oxygen atoms in total. The predicted octanol–water partition coefficient (Wildman–Crippen LogP) is 3.28. The van der Waals surface area contributed by atoms with Gasteiger partial charge in [0.15, 0.2) is 0 Å². The van der Waals surface area contributed by atoms with Crippen LogP contribution >= 0.6 is 0 Å². The third-order valence-corrected chi connectivity index (χ3v) is 3.69. The van der Waals surface area contributed by atoms with Gasteiger partial charge in [-0.2, -0.15) is 0 Å². The molecule has 0 radical (unpaired) electrons. The molecule has 18 heavy (non-hydrogen) atoms. The fraction of sp³-hybridized carbons (Fsp3) is 0.733. The Hall–Kier alpha value is -1.12. The first-order chi connectivity index (χ1) is 8.24. The summed E-state index contributed by atoms with van der Waals surface area (Å²) in [5.74, 6) is -0.278. The van der Waals surface area contributed by atoms with Gasteiger partial charge in [0.2, 0.25) is 0 Å². The molecule has 1 saturated carbocycles. The van der Waals surface area contributed by atoms with Crippen molar-refractivity contribution >= 4 is 11.8 Å². The molecule has 3 heteroatoms. The van der Waals surface area contributed by atoms with Crippen LogP contribution in [0.1, 0.15) is 53.4 Å². The van der Waals surface area contributed by atoms with Gasteiger partial charge in [-0.25, -0.2) is 0 Å². The van der Waals surface area contributed by atoms with E-state index in [1.807, 2.05) is 0 Å². The molecule has 1 aliphatic carbocycles. The van der Waals surface area contributed by atoms with E-state index < -0.39 is 0 Å². The summed E-state index contributed by atoms with van der Waals surface area (Å²) in [6, 6.07) is 0. The molecular weight excluding hydrogens is 228 g/mol. The van der Waals surface area contributed by atoms with Crippen molar-refractivity contribution in [2.24, 2.45) is 11.3 Å². The molecule has 0 bridgehead atoms. The second-order valence-corrected chi connectivity index (χ2v) is 6.02. The van der Waals surface area contributed by atoms with E-state index in [1.54, 1.807) is 6.92 Å². The minimum Gasteiger partial charge on any atom is -0.462 e. The number of Topliss-reactive ketones (excluding diaryl/α,β-unsaturated/α-hetero) is 1. The van der Waals surface area contributed by atoms with Crippen LogP contribution in [0.4, 0.5) is 0 Å². The maximum absolute atomic E-state index is 12.4. The van der Waals surface area contributed by atoms with Gasteiger partial charge >= 0.3 is 5.97 Å². The average molecular weight is 252 g/mol. The van der Waals surface area contributed by atoms with Crippen molar-refractivity contribution in [2.75, 3.05) is 0 Å². The van der Waals surface area contributed by atoms with Gasteiger partial charge in [0.25, 0.3) is 0 Å². The van der Waals surface area contributed by atoms with Gasteiger partial charge in [-0.15, -0.1) is 0 Å². The largest absolute Gasteiger partial charge is 0.462 e. The van der Waals surface area contributed by atoms with Crippen molar-refractivity contribution in [2.45, 2.75) is 59.5 Å². The molecule has 0 aliphatic heterocycles. The Morgan fingerprint density at radius 1 is 1.50 bits per heavy atom. The lowest BCUT2D eigenvalue weighted by Gasteiger charge is -2.39. The van der Waals surface area contributed by atoms with Crippen molar-refractivity contribution in [1.82, 2.24) is 0 Å². The van der Waals surface area contributed by atoms with Crippen LogP contribution in [0.25, 0.3) is 0 Å². The van der Waals surface area contributed by atoms with E-state index in [2.05, 4.69) is 20.4 Å². The van der Waals surface area contributed by atoms with Gasteiger partial charge in [-0.05, 0) is 31.6 Å². The third kappa shape index (κ3) is 3.69. The molecular formula is C15H24O3. The number of hydrogen-bond donors (Lipinski definition) is 0. The number of carbonyl (C=O) groups excluding carboxylic acids is 2. The van der Waals surface area contributed by atoms with Crippen LogP contribution in [-0.4, -0.2) is 17.9 Å². The van der Waals surface area contributed by atoms with E-state index in [4.69, 9.17) is 4.74 Å². The van der Waals surface area contributed by atoms with E-state index in [-0.39, 0.29) is 35.6 Å². The monoisotopic (exact) mass is 252 g/mol. The SMILES string of the molecule is C=C1CCCC(C)(C)C1C(=O)CC(C)OC(C)=O. The highest BCUT2D eigenvalue weighted by atomic mass is 16.5. The van der Waals surface area contributed by atoms with Gasteiger partial charge in [0.05, 0.1) is 0 Å². The molecule has 0 aromatic carbocycles. The molecule has 2 unspecified atom stereocenters. The maximum Gasteiger partial charge on any atom is 0.302 e. The summed E-state index contributed by atoms with van der Waals surface area (Å²) in [7, 11) is 0. The van der Waals surface area contributed by atoms with Crippen LogP contribution in [0, 0.1) is 11.3 Å². The van der Waals surface area contributed by atoms with E-state index in [0.29, 0.717) is 0 Å². The number of hydrogen-bond acceptors (Lipinski definition) is 3. The van der Waals surface area contributed by atoms with Gasteiger partial charge in [-0.3, -0.25) is 9.59 Å². The van der Waals surface area contributed by atoms with Gasteiger partial charge in [0.1, 0.15) is 11.9 Å². The molecule has 102 valence electrons. The van der Waals surface area contributed by atoms with Crippen molar-refractivity contribution < 1.29 is 14.3 Å². The van der Waals surface area contributed by atoms with Crippen LogP contribution in [0.3, 0.4) is 0 Å². The smallest absolute Gasteiger partial charge is 0.302 e. The molecule has 0 spiro atoms. The highest BCUT2D eigenvalue weighted by Crippen LogP contribution is 2.44. The Morgan fingerprint density at radius 2 is 2.11 bits per heavy atom. The number of ketones is 1. The quantitative estimate of drug-likeness (QED) is 0.569. The highest BCUT2D eigenvalue weighted by Gasteiger charge is 2.39. The van der Waals surface area contributed by atoms with E-state index in [0.717, 1.165) is 24.8 Å². The number of carbonyl (C=O) groups is 2. The normalized spacial score (nSPS) is 24.4. The average Bonchev–Trinajstić information content (AvgIpc) is 2.13. The van der Waals surface area contributed by atoms with Gasteiger partial charge in [-0.1, -0.05) is 26.0 Å². The summed E-state index contributed by atoms with van der Waals surface area (Å²) in [5, 5.41) is 0. The van der Waals surface area contributed by atoms with Gasteiger partial charge < -0.3 is 4.74 Å². The second kappa shape index (κ2) is 5.68. The Labute approximate surface area is 110 Å². The summed E-state index contributed by atoms with van der Waals surface area (Å²) in [5.41, 5.74) is 1.01. The van der Waals surface area contributed by atoms with Crippen molar-refractivity contribution in [3.8, 4) is 0 Å². The van der Waals surface area contributed by atoms with Crippen molar-refractivity contribution in [3.05, 3.63) is 12.2 Å². The molecule has 1 rings (SSSR count). The predicted molar refractivity (Wildman–Crippen MR) is 71.1 cm³/mol. The summed E-state index contributed by atoms with van der Waals surface area (Å²) in [6.45, 7) is 11.4. The molecule has 2 atom stereocenters. The van der Waals surface area contributed by atoms with Gasteiger partial charge in [0, 0.05) is 19.3 Å². The topological polar surface area (TPSA) is 43.4 Å². The Morgan fingerprint density at radius 3 is 2.61 bits per heavy atom. The molecule has 0 saturated heterocycles.